The summed E-state index contributed by atoms with van der Waals surface area (Å²) in [6.07, 6.45) is 3.73. The van der Waals surface area contributed by atoms with Crippen molar-refractivity contribution in [2.24, 2.45) is 0 Å². The van der Waals surface area contributed by atoms with Crippen molar-refractivity contribution in [3.05, 3.63) is 40.3 Å². The molecule has 0 aliphatic carbocycles. The van der Waals surface area contributed by atoms with Crippen molar-refractivity contribution in [2.45, 2.75) is 26.7 Å². The van der Waals surface area contributed by atoms with Gasteiger partial charge in [-0.25, -0.2) is 4.98 Å². The quantitative estimate of drug-likeness (QED) is 0.818. The number of halogens is 1. The summed E-state index contributed by atoms with van der Waals surface area (Å²) in [7, 11) is 0. The highest BCUT2D eigenvalue weighted by Crippen LogP contribution is 2.25. The first-order valence-corrected chi connectivity index (χ1v) is 7.41. The number of oxazole rings is 1. The number of nitrogens with one attached hydrogen (secondary N) is 1. The molecule has 102 valence electrons. The van der Waals surface area contributed by atoms with Gasteiger partial charge >= 0.3 is 0 Å². The minimum atomic E-state index is 0.811. The number of aromatic nitrogens is 1. The maximum Gasteiger partial charge on any atom is 0.194 e. The third-order valence-electron chi connectivity index (χ3n) is 2.87. The molecule has 1 aromatic heterocycles. The van der Waals surface area contributed by atoms with Gasteiger partial charge in [0.25, 0.3) is 0 Å². The molecule has 19 heavy (non-hydrogen) atoms. The Labute approximate surface area is 122 Å². The average molecular weight is 323 g/mol. The maximum atomic E-state index is 5.80. The van der Waals surface area contributed by atoms with Crippen LogP contribution in [-0.2, 0) is 6.42 Å². The summed E-state index contributed by atoms with van der Waals surface area (Å²) >= 11 is 3.51. The molecule has 0 saturated carbocycles. The van der Waals surface area contributed by atoms with E-state index in [4.69, 9.17) is 4.42 Å². The molecular weight excluding hydrogens is 304 g/mol. The third-order valence-corrected chi connectivity index (χ3v) is 3.33. The van der Waals surface area contributed by atoms with Crippen molar-refractivity contribution < 1.29 is 4.42 Å². The van der Waals surface area contributed by atoms with Crippen LogP contribution in [0.5, 0.6) is 0 Å². The van der Waals surface area contributed by atoms with Gasteiger partial charge in [0, 0.05) is 16.5 Å². The lowest BCUT2D eigenvalue weighted by Crippen LogP contribution is -2.14. The van der Waals surface area contributed by atoms with Crippen LogP contribution in [0.2, 0.25) is 0 Å². The second-order valence-corrected chi connectivity index (χ2v) is 5.51. The lowest BCUT2D eigenvalue weighted by Gasteiger charge is -2.01. The molecule has 1 N–H and O–H groups in total. The molecule has 0 aliphatic rings. The standard InChI is InChI=1S/C15H19BrN2O/c1-3-17-6-4-5-15-18-10-14(19-15)12-7-11(2)8-13(16)9-12/h7-10,17H,3-6H2,1-2H3. The Kier molecular flexibility index (Phi) is 5.16. The van der Waals surface area contributed by atoms with Gasteiger partial charge < -0.3 is 9.73 Å². The first-order valence-electron chi connectivity index (χ1n) is 6.62. The molecule has 4 heteroatoms. The molecule has 0 amide bonds. The Morgan fingerprint density at radius 1 is 1.32 bits per heavy atom. The zero-order valence-corrected chi connectivity index (χ0v) is 13.0. The van der Waals surface area contributed by atoms with Crippen LogP contribution in [-0.4, -0.2) is 18.1 Å². The van der Waals surface area contributed by atoms with E-state index in [1.807, 2.05) is 6.20 Å². The molecule has 2 aromatic rings. The van der Waals surface area contributed by atoms with Crippen molar-refractivity contribution in [1.29, 1.82) is 0 Å². The van der Waals surface area contributed by atoms with E-state index in [0.717, 1.165) is 47.6 Å². The normalized spacial score (nSPS) is 10.9. The molecule has 0 fully saturated rings. The van der Waals surface area contributed by atoms with Crippen LogP contribution >= 0.6 is 15.9 Å². The lowest BCUT2D eigenvalue weighted by atomic mass is 10.1. The van der Waals surface area contributed by atoms with E-state index < -0.39 is 0 Å². The molecule has 1 heterocycles. The molecule has 0 aliphatic heterocycles. The second kappa shape index (κ2) is 6.87. The van der Waals surface area contributed by atoms with Crippen LogP contribution in [0, 0.1) is 6.92 Å². The molecule has 0 saturated heterocycles. The highest BCUT2D eigenvalue weighted by molar-refractivity contribution is 9.10. The Hall–Kier alpha value is -1.13. The Morgan fingerprint density at radius 2 is 2.16 bits per heavy atom. The summed E-state index contributed by atoms with van der Waals surface area (Å²) in [5.41, 5.74) is 2.27. The molecule has 0 bridgehead atoms. The van der Waals surface area contributed by atoms with E-state index >= 15 is 0 Å². The zero-order chi connectivity index (χ0) is 13.7. The summed E-state index contributed by atoms with van der Waals surface area (Å²) in [6, 6.07) is 6.24. The smallest absolute Gasteiger partial charge is 0.194 e. The second-order valence-electron chi connectivity index (χ2n) is 4.59. The predicted molar refractivity (Wildman–Crippen MR) is 81.2 cm³/mol. The van der Waals surface area contributed by atoms with E-state index in [2.05, 4.69) is 58.3 Å². The molecule has 0 unspecified atom stereocenters. The Balaban J connectivity index is 2.03. The first kappa shape index (κ1) is 14.3. The molecule has 0 atom stereocenters. The number of benzene rings is 1. The minimum Gasteiger partial charge on any atom is -0.441 e. The highest BCUT2D eigenvalue weighted by atomic mass is 79.9. The van der Waals surface area contributed by atoms with Crippen LogP contribution in [0.15, 0.2) is 33.3 Å². The van der Waals surface area contributed by atoms with E-state index in [1.54, 1.807) is 0 Å². The Morgan fingerprint density at radius 3 is 2.89 bits per heavy atom. The summed E-state index contributed by atoms with van der Waals surface area (Å²) in [6.45, 7) is 6.19. The highest BCUT2D eigenvalue weighted by Gasteiger charge is 2.07. The predicted octanol–water partition coefficient (Wildman–Crippen LogP) is 3.95. The SMILES string of the molecule is CCNCCCc1ncc(-c2cc(C)cc(Br)c2)o1. The van der Waals surface area contributed by atoms with Gasteiger partial charge in [-0.2, -0.15) is 0 Å². The van der Waals surface area contributed by atoms with Crippen LogP contribution in [0.1, 0.15) is 24.8 Å². The zero-order valence-electron chi connectivity index (χ0n) is 11.4. The molecular formula is C15H19BrN2O. The summed E-state index contributed by atoms with van der Waals surface area (Å²) < 4.78 is 6.86. The van der Waals surface area contributed by atoms with Gasteiger partial charge in [-0.3, -0.25) is 0 Å². The topological polar surface area (TPSA) is 38.1 Å². The van der Waals surface area contributed by atoms with Crippen molar-refractivity contribution in [2.75, 3.05) is 13.1 Å². The molecule has 3 nitrogen and oxygen atoms in total. The van der Waals surface area contributed by atoms with E-state index in [0.29, 0.717) is 0 Å². The van der Waals surface area contributed by atoms with Gasteiger partial charge in [-0.1, -0.05) is 22.9 Å². The Bertz CT molecular complexity index is 516. The van der Waals surface area contributed by atoms with Gasteiger partial charge in [0.1, 0.15) is 0 Å². The largest absolute Gasteiger partial charge is 0.441 e. The third kappa shape index (κ3) is 4.18. The lowest BCUT2D eigenvalue weighted by molar-refractivity contribution is 0.493. The van der Waals surface area contributed by atoms with Gasteiger partial charge in [-0.05, 0) is 50.2 Å². The van der Waals surface area contributed by atoms with E-state index in [-0.39, 0.29) is 0 Å². The van der Waals surface area contributed by atoms with Gasteiger partial charge in [-0.15, -0.1) is 0 Å². The summed E-state index contributed by atoms with van der Waals surface area (Å²) in [5, 5.41) is 3.30. The maximum absolute atomic E-state index is 5.80. The van der Waals surface area contributed by atoms with Gasteiger partial charge in [0.05, 0.1) is 6.20 Å². The molecule has 0 radical (unpaired) electrons. The van der Waals surface area contributed by atoms with Gasteiger partial charge in [0.15, 0.2) is 11.7 Å². The van der Waals surface area contributed by atoms with Crippen LogP contribution < -0.4 is 5.32 Å². The minimum absolute atomic E-state index is 0.811. The van der Waals surface area contributed by atoms with Crippen molar-refractivity contribution >= 4 is 15.9 Å². The van der Waals surface area contributed by atoms with Crippen LogP contribution in [0.4, 0.5) is 0 Å². The van der Waals surface area contributed by atoms with Crippen molar-refractivity contribution in [3.63, 3.8) is 0 Å². The average Bonchev–Trinajstić information content (AvgIpc) is 2.82. The number of rotatable bonds is 6. The fourth-order valence-electron chi connectivity index (χ4n) is 1.98. The number of nitrogens with zero attached hydrogens (tertiary/aromatic N) is 1. The fraction of sp³-hybridized carbons (Fsp3) is 0.400. The van der Waals surface area contributed by atoms with Gasteiger partial charge in [0.2, 0.25) is 0 Å². The van der Waals surface area contributed by atoms with Crippen LogP contribution in [0.3, 0.4) is 0 Å². The fourth-order valence-corrected chi connectivity index (χ4v) is 2.59. The molecule has 1 aromatic carbocycles. The number of aryl methyl sites for hydroxylation is 2. The summed E-state index contributed by atoms with van der Waals surface area (Å²) in [5.74, 6) is 1.65. The number of hydrogen-bond donors (Lipinski definition) is 1. The van der Waals surface area contributed by atoms with E-state index in [1.165, 1.54) is 5.56 Å². The van der Waals surface area contributed by atoms with E-state index in [9.17, 15) is 0 Å². The molecule has 0 spiro atoms. The number of hydrogen-bond acceptors (Lipinski definition) is 3. The monoisotopic (exact) mass is 322 g/mol. The van der Waals surface area contributed by atoms with Crippen molar-refractivity contribution in [3.8, 4) is 11.3 Å². The summed E-state index contributed by atoms with van der Waals surface area (Å²) in [4.78, 5) is 4.34. The first-order chi connectivity index (χ1) is 9.19. The van der Waals surface area contributed by atoms with Crippen molar-refractivity contribution in [1.82, 2.24) is 10.3 Å². The molecule has 2 rings (SSSR count). The van der Waals surface area contributed by atoms with Crippen LogP contribution in [0.25, 0.3) is 11.3 Å².